The predicted octanol–water partition coefficient (Wildman–Crippen LogP) is 5.52. The van der Waals surface area contributed by atoms with E-state index in [2.05, 4.69) is 36.2 Å². The number of dihydropyridines is 1. The van der Waals surface area contributed by atoms with Crippen LogP contribution in [0, 0.1) is 0 Å². The van der Waals surface area contributed by atoms with Crippen molar-refractivity contribution in [2.45, 2.75) is 83.7 Å². The lowest BCUT2D eigenvalue weighted by molar-refractivity contribution is 0.0837. The maximum atomic E-state index is 6.16. The van der Waals surface area contributed by atoms with E-state index in [1.54, 1.807) is 0 Å². The second-order valence-corrected chi connectivity index (χ2v) is 7.45. The van der Waals surface area contributed by atoms with Gasteiger partial charge in [0, 0.05) is 12.2 Å². The molecule has 0 bridgehead atoms. The summed E-state index contributed by atoms with van der Waals surface area (Å²) >= 11 is 0. The van der Waals surface area contributed by atoms with Gasteiger partial charge in [0.25, 0.3) is 0 Å². The molecule has 1 aliphatic heterocycles. The average molecular weight is 359 g/mol. The third kappa shape index (κ3) is 7.59. The van der Waals surface area contributed by atoms with Crippen molar-refractivity contribution in [1.82, 2.24) is 0 Å². The van der Waals surface area contributed by atoms with Crippen LogP contribution in [0.15, 0.2) is 40.4 Å². The highest BCUT2D eigenvalue weighted by atomic mass is 16.5. The lowest BCUT2D eigenvalue weighted by Gasteiger charge is -2.18. The molecule has 0 amide bonds. The molecule has 0 fully saturated rings. The molecule has 0 saturated heterocycles. The fraction of sp³-hybridized carbons (Fsp3) is 0.696. The van der Waals surface area contributed by atoms with Crippen molar-refractivity contribution in [3.05, 3.63) is 35.5 Å². The number of nitrogens with two attached hydrogens (primary N) is 1. The minimum atomic E-state index is 0.169. The van der Waals surface area contributed by atoms with Crippen LogP contribution in [0.5, 0.6) is 0 Å². The minimum absolute atomic E-state index is 0.169. The molecule has 1 unspecified atom stereocenters. The molecule has 0 aromatic heterocycles. The Morgan fingerprint density at radius 3 is 2.54 bits per heavy atom. The van der Waals surface area contributed by atoms with Gasteiger partial charge in [-0.15, -0.1) is 0 Å². The van der Waals surface area contributed by atoms with Gasteiger partial charge in [-0.2, -0.15) is 0 Å². The van der Waals surface area contributed by atoms with Crippen molar-refractivity contribution < 1.29 is 4.74 Å². The Kier molecular flexibility index (Phi) is 10.6. The highest BCUT2D eigenvalue weighted by Gasteiger charge is 2.18. The van der Waals surface area contributed by atoms with Gasteiger partial charge < -0.3 is 10.5 Å². The number of ether oxygens (including phenoxy) is 1. The molecule has 0 aromatic rings. The minimum Gasteiger partial charge on any atom is -0.374 e. The van der Waals surface area contributed by atoms with Gasteiger partial charge in [0.1, 0.15) is 0 Å². The topological polar surface area (TPSA) is 47.6 Å². The maximum Gasteiger partial charge on any atom is 0.0799 e. The number of fused-ring (bicyclic) bond motifs is 1. The normalized spacial score (nSPS) is 19.5. The number of allylic oxidation sites excluding steroid dienone is 2. The summed E-state index contributed by atoms with van der Waals surface area (Å²) < 4.78 is 6.16. The highest BCUT2D eigenvalue weighted by Crippen LogP contribution is 2.24. The Bertz CT molecular complexity index is 516. The molecule has 1 aliphatic carbocycles. The van der Waals surface area contributed by atoms with Crippen molar-refractivity contribution >= 4 is 5.71 Å². The van der Waals surface area contributed by atoms with Crippen molar-refractivity contribution in [3.8, 4) is 0 Å². The number of unbranched alkanes of at least 4 members (excludes halogenated alkanes) is 8. The van der Waals surface area contributed by atoms with E-state index in [4.69, 9.17) is 10.5 Å². The zero-order valence-electron chi connectivity index (χ0n) is 16.7. The fourth-order valence-corrected chi connectivity index (χ4v) is 3.67. The van der Waals surface area contributed by atoms with E-state index in [-0.39, 0.29) is 6.10 Å². The van der Waals surface area contributed by atoms with Gasteiger partial charge in [0.05, 0.1) is 18.4 Å². The number of rotatable bonds is 13. The third-order valence-electron chi connectivity index (χ3n) is 5.21. The summed E-state index contributed by atoms with van der Waals surface area (Å²) in [5.41, 5.74) is 9.45. The SMILES string of the molecule is CCCCCCCCCCCOC1C=C2C(CCN)=CCN=C2C=CC1. The van der Waals surface area contributed by atoms with Crippen LogP contribution in [0.4, 0.5) is 0 Å². The zero-order valence-corrected chi connectivity index (χ0v) is 16.7. The summed E-state index contributed by atoms with van der Waals surface area (Å²) in [4.78, 5) is 4.62. The van der Waals surface area contributed by atoms with Gasteiger partial charge in [-0.3, -0.25) is 4.99 Å². The smallest absolute Gasteiger partial charge is 0.0799 e. The van der Waals surface area contributed by atoms with Crippen LogP contribution in [0.1, 0.15) is 77.6 Å². The highest BCUT2D eigenvalue weighted by molar-refractivity contribution is 6.12. The number of hydrogen-bond acceptors (Lipinski definition) is 3. The fourth-order valence-electron chi connectivity index (χ4n) is 3.67. The Morgan fingerprint density at radius 1 is 1.08 bits per heavy atom. The molecular weight excluding hydrogens is 320 g/mol. The van der Waals surface area contributed by atoms with Gasteiger partial charge in [-0.1, -0.05) is 70.4 Å². The first kappa shape index (κ1) is 21.1. The van der Waals surface area contributed by atoms with Crippen LogP contribution in [-0.2, 0) is 4.74 Å². The number of hydrogen-bond donors (Lipinski definition) is 1. The van der Waals surface area contributed by atoms with E-state index in [0.717, 1.165) is 31.7 Å². The summed E-state index contributed by atoms with van der Waals surface area (Å²) in [7, 11) is 0. The van der Waals surface area contributed by atoms with Crippen molar-refractivity contribution in [1.29, 1.82) is 0 Å². The summed E-state index contributed by atoms with van der Waals surface area (Å²) in [5.74, 6) is 0. The quantitative estimate of drug-likeness (QED) is 0.441. The molecule has 0 saturated carbocycles. The molecule has 1 atom stereocenters. The Balaban J connectivity index is 1.65. The Morgan fingerprint density at radius 2 is 1.81 bits per heavy atom. The van der Waals surface area contributed by atoms with Crippen LogP contribution in [0.2, 0.25) is 0 Å². The molecule has 2 N–H and O–H groups in total. The Hall–Kier alpha value is -1.19. The van der Waals surface area contributed by atoms with Crippen molar-refractivity contribution in [3.63, 3.8) is 0 Å². The molecule has 2 aliphatic rings. The van der Waals surface area contributed by atoms with Gasteiger partial charge in [-0.05, 0) is 43.5 Å². The van der Waals surface area contributed by atoms with Crippen LogP contribution in [0.25, 0.3) is 0 Å². The number of aliphatic imine (C=N–C) groups is 1. The molecule has 146 valence electrons. The van der Waals surface area contributed by atoms with Crippen LogP contribution in [0.3, 0.4) is 0 Å². The maximum absolute atomic E-state index is 6.16. The molecule has 0 radical (unpaired) electrons. The van der Waals surface area contributed by atoms with E-state index >= 15 is 0 Å². The molecule has 0 aromatic carbocycles. The molecular formula is C23H38N2O. The van der Waals surface area contributed by atoms with Crippen LogP contribution < -0.4 is 5.73 Å². The first-order chi connectivity index (χ1) is 12.8. The van der Waals surface area contributed by atoms with Crippen molar-refractivity contribution in [2.24, 2.45) is 10.7 Å². The summed E-state index contributed by atoms with van der Waals surface area (Å²) in [6.07, 6.45) is 23.0. The van der Waals surface area contributed by atoms with Crippen LogP contribution in [-0.4, -0.2) is 31.5 Å². The summed E-state index contributed by atoms with van der Waals surface area (Å²) in [5, 5.41) is 0. The average Bonchev–Trinajstić information content (AvgIpc) is 2.86. The summed E-state index contributed by atoms with van der Waals surface area (Å²) in [6.45, 7) is 4.60. The molecule has 1 heterocycles. The second kappa shape index (κ2) is 13.1. The molecule has 2 rings (SSSR count). The van der Waals surface area contributed by atoms with Gasteiger partial charge in [-0.25, -0.2) is 0 Å². The van der Waals surface area contributed by atoms with Crippen LogP contribution >= 0.6 is 0 Å². The van der Waals surface area contributed by atoms with Gasteiger partial charge in [0.2, 0.25) is 0 Å². The molecule has 3 heteroatoms. The Labute approximate surface area is 160 Å². The monoisotopic (exact) mass is 358 g/mol. The van der Waals surface area contributed by atoms with E-state index in [0.29, 0.717) is 6.54 Å². The third-order valence-corrected chi connectivity index (χ3v) is 5.21. The number of nitrogens with zero attached hydrogens (tertiary/aromatic N) is 1. The second-order valence-electron chi connectivity index (χ2n) is 7.45. The van der Waals surface area contributed by atoms with E-state index < -0.39 is 0 Å². The lowest BCUT2D eigenvalue weighted by Crippen LogP contribution is -2.15. The van der Waals surface area contributed by atoms with Gasteiger partial charge in [0.15, 0.2) is 0 Å². The molecule has 0 spiro atoms. The molecule has 26 heavy (non-hydrogen) atoms. The van der Waals surface area contributed by atoms with E-state index in [1.165, 1.54) is 68.9 Å². The van der Waals surface area contributed by atoms with Crippen molar-refractivity contribution in [2.75, 3.05) is 19.7 Å². The first-order valence-corrected chi connectivity index (χ1v) is 10.8. The predicted molar refractivity (Wildman–Crippen MR) is 113 cm³/mol. The standard InChI is InChI=1S/C23H38N2O/c1-2-3-4-5-6-7-8-9-10-18-26-21-12-11-13-23-22(19-21)20(14-16-24)15-17-25-23/h11,13,15,19,21H,2-10,12,14,16-18,24H2,1H3. The largest absolute Gasteiger partial charge is 0.374 e. The van der Waals surface area contributed by atoms with E-state index in [1.807, 2.05) is 0 Å². The summed E-state index contributed by atoms with van der Waals surface area (Å²) in [6, 6.07) is 0. The molecule has 3 nitrogen and oxygen atoms in total. The first-order valence-electron chi connectivity index (χ1n) is 10.8. The lowest BCUT2D eigenvalue weighted by atomic mass is 9.95. The zero-order chi connectivity index (χ0) is 18.5. The van der Waals surface area contributed by atoms with E-state index in [9.17, 15) is 0 Å². The van der Waals surface area contributed by atoms with Gasteiger partial charge >= 0.3 is 0 Å².